The van der Waals surface area contributed by atoms with Crippen molar-refractivity contribution >= 4 is 24.2 Å². The van der Waals surface area contributed by atoms with Crippen LogP contribution in [-0.2, 0) is 0 Å². The quantitative estimate of drug-likeness (QED) is 0.788. The molecule has 0 N–H and O–H groups in total. The topological polar surface area (TPSA) is 27.1 Å². The van der Waals surface area contributed by atoms with E-state index in [4.69, 9.17) is 4.74 Å². The van der Waals surface area contributed by atoms with Gasteiger partial charge in [-0.3, -0.25) is 0 Å². The third-order valence-electron chi connectivity index (χ3n) is 2.85. The molecule has 0 aliphatic heterocycles. The Kier molecular flexibility index (Phi) is 5.76. The molecule has 0 atom stereocenters. The maximum atomic E-state index is 5.18. The summed E-state index contributed by atoms with van der Waals surface area (Å²) in [6.45, 7) is 4.35. The largest absolute Gasteiger partial charge is 0.497 e. The summed E-state index contributed by atoms with van der Waals surface area (Å²) in [4.78, 5) is 4.47. The van der Waals surface area contributed by atoms with E-state index >= 15 is 0 Å². The second-order valence-electron chi connectivity index (χ2n) is 4.32. The van der Waals surface area contributed by atoms with Crippen molar-refractivity contribution < 1.29 is 4.74 Å². The lowest BCUT2D eigenvalue weighted by molar-refractivity contribution is 0.415. The fraction of sp³-hybridized carbons (Fsp3) is 0.357. The SMILES string of the molecule is COc1ccc(-c2cnc(SC)n2C(C)C)cc1.Cl. The third kappa shape index (κ3) is 3.25. The first-order valence-electron chi connectivity index (χ1n) is 5.93. The summed E-state index contributed by atoms with van der Waals surface area (Å²) in [5.41, 5.74) is 2.31. The van der Waals surface area contributed by atoms with Gasteiger partial charge in [-0.05, 0) is 44.4 Å². The molecule has 0 radical (unpaired) electrons. The highest BCUT2D eigenvalue weighted by molar-refractivity contribution is 7.98. The third-order valence-corrected chi connectivity index (χ3v) is 3.51. The van der Waals surface area contributed by atoms with E-state index in [2.05, 4.69) is 41.8 Å². The van der Waals surface area contributed by atoms with E-state index in [9.17, 15) is 0 Å². The van der Waals surface area contributed by atoms with Crippen LogP contribution in [0.2, 0.25) is 0 Å². The number of imidazole rings is 1. The van der Waals surface area contributed by atoms with Crippen molar-refractivity contribution in [1.29, 1.82) is 0 Å². The van der Waals surface area contributed by atoms with Gasteiger partial charge in [0.15, 0.2) is 5.16 Å². The number of hydrogen-bond donors (Lipinski definition) is 0. The van der Waals surface area contributed by atoms with E-state index in [1.54, 1.807) is 18.9 Å². The molecule has 0 spiro atoms. The molecule has 0 fully saturated rings. The highest BCUT2D eigenvalue weighted by Gasteiger charge is 2.13. The molecule has 0 saturated carbocycles. The number of methoxy groups -OCH3 is 1. The van der Waals surface area contributed by atoms with Crippen LogP contribution in [0.15, 0.2) is 35.6 Å². The van der Waals surface area contributed by atoms with Crippen LogP contribution in [0.3, 0.4) is 0 Å². The first-order chi connectivity index (χ1) is 8.67. The lowest BCUT2D eigenvalue weighted by Crippen LogP contribution is -2.04. The normalized spacial score (nSPS) is 10.4. The summed E-state index contributed by atoms with van der Waals surface area (Å²) < 4.78 is 7.44. The van der Waals surface area contributed by atoms with Crippen molar-refractivity contribution in [3.63, 3.8) is 0 Å². The van der Waals surface area contributed by atoms with Crippen LogP contribution in [0.5, 0.6) is 5.75 Å². The molecule has 0 bridgehead atoms. The van der Waals surface area contributed by atoms with Crippen LogP contribution >= 0.6 is 24.2 Å². The highest BCUT2D eigenvalue weighted by Crippen LogP contribution is 2.29. The van der Waals surface area contributed by atoms with Crippen LogP contribution in [0, 0.1) is 0 Å². The number of aromatic nitrogens is 2. The van der Waals surface area contributed by atoms with Gasteiger partial charge >= 0.3 is 0 Å². The minimum atomic E-state index is 0. The first-order valence-corrected chi connectivity index (χ1v) is 7.15. The van der Waals surface area contributed by atoms with Crippen molar-refractivity contribution in [2.75, 3.05) is 13.4 Å². The fourth-order valence-electron chi connectivity index (χ4n) is 1.97. The zero-order chi connectivity index (χ0) is 13.1. The molecule has 0 unspecified atom stereocenters. The molecule has 1 heterocycles. The zero-order valence-electron chi connectivity index (χ0n) is 11.6. The van der Waals surface area contributed by atoms with Crippen LogP contribution < -0.4 is 4.74 Å². The molecule has 0 aliphatic carbocycles. The molecule has 0 amide bonds. The Bertz CT molecular complexity index is 523. The van der Waals surface area contributed by atoms with Gasteiger partial charge in [-0.2, -0.15) is 0 Å². The molecular formula is C14H19ClN2OS. The smallest absolute Gasteiger partial charge is 0.168 e. The van der Waals surface area contributed by atoms with E-state index in [0.717, 1.165) is 22.2 Å². The number of nitrogens with zero attached hydrogens (tertiary/aromatic N) is 2. The summed E-state index contributed by atoms with van der Waals surface area (Å²) in [5, 5.41) is 1.05. The van der Waals surface area contributed by atoms with Crippen LogP contribution in [0.1, 0.15) is 19.9 Å². The summed E-state index contributed by atoms with van der Waals surface area (Å²) >= 11 is 1.67. The molecule has 1 aromatic carbocycles. The molecule has 3 nitrogen and oxygen atoms in total. The van der Waals surface area contributed by atoms with Crippen molar-refractivity contribution in [1.82, 2.24) is 9.55 Å². The molecular weight excluding hydrogens is 280 g/mol. The summed E-state index contributed by atoms with van der Waals surface area (Å²) in [5.74, 6) is 0.874. The Morgan fingerprint density at radius 3 is 2.32 bits per heavy atom. The van der Waals surface area contributed by atoms with Crippen molar-refractivity contribution in [2.45, 2.75) is 25.0 Å². The monoisotopic (exact) mass is 298 g/mol. The van der Waals surface area contributed by atoms with Gasteiger partial charge in [0.25, 0.3) is 0 Å². The van der Waals surface area contributed by atoms with Crippen LogP contribution in [0.25, 0.3) is 11.3 Å². The molecule has 1 aromatic heterocycles. The minimum absolute atomic E-state index is 0. The fourth-order valence-corrected chi connectivity index (χ4v) is 2.63. The molecule has 104 valence electrons. The second-order valence-corrected chi connectivity index (χ2v) is 5.10. The summed E-state index contributed by atoms with van der Waals surface area (Å²) in [6, 6.07) is 8.49. The number of ether oxygens (including phenoxy) is 1. The summed E-state index contributed by atoms with van der Waals surface area (Å²) in [6.07, 6.45) is 3.99. The lowest BCUT2D eigenvalue weighted by Gasteiger charge is -2.14. The van der Waals surface area contributed by atoms with Crippen LogP contribution in [0.4, 0.5) is 0 Å². The van der Waals surface area contributed by atoms with Gasteiger partial charge in [0.2, 0.25) is 0 Å². The Hall–Kier alpha value is -1.13. The van der Waals surface area contributed by atoms with E-state index in [1.165, 1.54) is 0 Å². The van der Waals surface area contributed by atoms with Crippen molar-refractivity contribution in [3.05, 3.63) is 30.5 Å². The maximum Gasteiger partial charge on any atom is 0.168 e. The number of halogens is 1. The van der Waals surface area contributed by atoms with E-state index in [-0.39, 0.29) is 12.4 Å². The molecule has 5 heteroatoms. The molecule has 2 aromatic rings. The number of rotatable bonds is 4. The first kappa shape index (κ1) is 15.9. The van der Waals surface area contributed by atoms with Crippen molar-refractivity contribution in [3.8, 4) is 17.0 Å². The predicted molar refractivity (Wildman–Crippen MR) is 83.6 cm³/mol. The standard InChI is InChI=1S/C14H18N2OS.ClH/c1-10(2)16-13(9-15-14(16)18-4)11-5-7-12(17-3)8-6-11;/h5-10H,1-4H3;1H. The van der Waals surface area contributed by atoms with Gasteiger partial charge in [-0.25, -0.2) is 4.98 Å². The average Bonchev–Trinajstić information content (AvgIpc) is 2.82. The molecule has 0 saturated heterocycles. The Balaban J connectivity index is 0.00000180. The van der Waals surface area contributed by atoms with E-state index in [0.29, 0.717) is 6.04 Å². The Labute approximate surface area is 124 Å². The van der Waals surface area contributed by atoms with Gasteiger partial charge < -0.3 is 9.30 Å². The molecule has 2 rings (SSSR count). The zero-order valence-corrected chi connectivity index (χ0v) is 13.2. The minimum Gasteiger partial charge on any atom is -0.497 e. The van der Waals surface area contributed by atoms with E-state index < -0.39 is 0 Å². The summed E-state index contributed by atoms with van der Waals surface area (Å²) in [7, 11) is 1.68. The number of thioether (sulfide) groups is 1. The lowest BCUT2D eigenvalue weighted by atomic mass is 10.1. The number of benzene rings is 1. The Morgan fingerprint density at radius 2 is 1.84 bits per heavy atom. The van der Waals surface area contributed by atoms with Gasteiger partial charge in [0.1, 0.15) is 5.75 Å². The predicted octanol–water partition coefficient (Wildman–Crippen LogP) is 4.28. The maximum absolute atomic E-state index is 5.18. The molecule has 0 aliphatic rings. The highest BCUT2D eigenvalue weighted by atomic mass is 35.5. The second kappa shape index (κ2) is 6.87. The average molecular weight is 299 g/mol. The van der Waals surface area contributed by atoms with Crippen LogP contribution in [-0.4, -0.2) is 22.9 Å². The number of hydrogen-bond acceptors (Lipinski definition) is 3. The van der Waals surface area contributed by atoms with Gasteiger partial charge in [-0.15, -0.1) is 12.4 Å². The Morgan fingerprint density at radius 1 is 1.21 bits per heavy atom. The van der Waals surface area contributed by atoms with Gasteiger partial charge in [-0.1, -0.05) is 11.8 Å². The van der Waals surface area contributed by atoms with E-state index in [1.807, 2.05) is 18.3 Å². The van der Waals surface area contributed by atoms with Gasteiger partial charge in [0, 0.05) is 11.6 Å². The van der Waals surface area contributed by atoms with Gasteiger partial charge in [0.05, 0.1) is 19.0 Å². The van der Waals surface area contributed by atoms with Crippen molar-refractivity contribution in [2.24, 2.45) is 0 Å². The molecule has 19 heavy (non-hydrogen) atoms.